The maximum absolute atomic E-state index is 12.5. The van der Waals surface area contributed by atoms with Crippen LogP contribution in [0.4, 0.5) is 5.95 Å². The molecule has 0 bridgehead atoms. The number of hydrogen-bond acceptors (Lipinski definition) is 6. The first-order chi connectivity index (χ1) is 14.4. The average molecular weight is 415 g/mol. The van der Waals surface area contributed by atoms with Crippen LogP contribution in [-0.2, 0) is 13.6 Å². The predicted octanol–water partition coefficient (Wildman–Crippen LogP) is 1.77. The van der Waals surface area contributed by atoms with Gasteiger partial charge in [0.25, 0.3) is 5.56 Å². The summed E-state index contributed by atoms with van der Waals surface area (Å²) in [5.74, 6) is 1.12. The van der Waals surface area contributed by atoms with Crippen LogP contribution in [-0.4, -0.2) is 43.5 Å². The first kappa shape index (κ1) is 21.6. The molecule has 0 aliphatic heterocycles. The number of aryl methyl sites for hydroxylation is 2. The molecule has 3 N–H and O–H groups in total. The third-order valence-corrected chi connectivity index (χ3v) is 4.90. The van der Waals surface area contributed by atoms with E-state index in [2.05, 4.69) is 22.2 Å². The number of imidazole rings is 1. The van der Waals surface area contributed by atoms with E-state index >= 15 is 0 Å². The number of rotatable bonds is 10. The molecule has 0 fully saturated rings. The number of ether oxygens (including phenoxy) is 1. The molecule has 1 unspecified atom stereocenters. The molecule has 0 radical (unpaired) electrons. The van der Waals surface area contributed by atoms with Crippen molar-refractivity contribution in [2.45, 2.75) is 45.8 Å². The van der Waals surface area contributed by atoms with Gasteiger partial charge in [-0.25, -0.2) is 4.79 Å². The average Bonchev–Trinajstić information content (AvgIpc) is 3.07. The Kier molecular flexibility index (Phi) is 6.94. The van der Waals surface area contributed by atoms with E-state index < -0.39 is 17.4 Å². The van der Waals surface area contributed by atoms with Crippen molar-refractivity contribution in [3.8, 4) is 5.75 Å². The number of hydrogen-bond donors (Lipinski definition) is 3. The minimum atomic E-state index is -0.879. The van der Waals surface area contributed by atoms with Gasteiger partial charge in [0.1, 0.15) is 18.5 Å². The summed E-state index contributed by atoms with van der Waals surface area (Å²) < 4.78 is 8.60. The van der Waals surface area contributed by atoms with Crippen LogP contribution in [0.3, 0.4) is 0 Å². The third-order valence-electron chi connectivity index (χ3n) is 4.90. The maximum atomic E-state index is 12.5. The van der Waals surface area contributed by atoms with E-state index in [1.54, 1.807) is 11.6 Å². The summed E-state index contributed by atoms with van der Waals surface area (Å²) >= 11 is 0. The van der Waals surface area contributed by atoms with Gasteiger partial charge < -0.3 is 19.7 Å². The van der Waals surface area contributed by atoms with Gasteiger partial charge in [-0.3, -0.25) is 14.3 Å². The highest BCUT2D eigenvalue weighted by atomic mass is 16.5. The summed E-state index contributed by atoms with van der Waals surface area (Å²) in [6, 6.07) is 7.57. The highest BCUT2D eigenvalue weighted by molar-refractivity contribution is 5.74. The summed E-state index contributed by atoms with van der Waals surface area (Å²) in [4.78, 5) is 31.2. The Labute approximate surface area is 174 Å². The fraction of sp³-hybridized carbons (Fsp3) is 0.476. The molecular weight excluding hydrogens is 386 g/mol. The van der Waals surface area contributed by atoms with Crippen molar-refractivity contribution in [1.29, 1.82) is 0 Å². The van der Waals surface area contributed by atoms with Gasteiger partial charge in [0.15, 0.2) is 11.2 Å². The van der Waals surface area contributed by atoms with E-state index in [4.69, 9.17) is 4.74 Å². The first-order valence-corrected chi connectivity index (χ1v) is 10.2. The molecule has 1 atom stereocenters. The fourth-order valence-electron chi connectivity index (χ4n) is 3.28. The standard InChI is InChI=1S/C21H29N5O4/c1-4-5-6-10-22-20-23-18-17(19(28)24-21(29)25(18)3)26(20)12-15(27)13-30-16-9-7-8-14(2)11-16/h7-9,11,15,27H,4-6,10,12-13H2,1-3H3,(H,22,23)(H,24,28,29). The maximum Gasteiger partial charge on any atom is 0.329 e. The van der Waals surface area contributed by atoms with Gasteiger partial charge in [0.2, 0.25) is 5.95 Å². The molecule has 162 valence electrons. The largest absolute Gasteiger partial charge is 0.491 e. The Bertz CT molecular complexity index is 1110. The summed E-state index contributed by atoms with van der Waals surface area (Å²) in [6.45, 7) is 4.92. The van der Waals surface area contributed by atoms with Crippen LogP contribution in [0.1, 0.15) is 31.7 Å². The fourth-order valence-corrected chi connectivity index (χ4v) is 3.28. The highest BCUT2D eigenvalue weighted by Crippen LogP contribution is 2.17. The molecule has 9 heteroatoms. The number of benzene rings is 1. The minimum absolute atomic E-state index is 0.0576. The van der Waals surface area contributed by atoms with Crippen molar-refractivity contribution in [3.05, 3.63) is 50.7 Å². The molecule has 0 aliphatic carbocycles. The van der Waals surface area contributed by atoms with Crippen LogP contribution in [0.25, 0.3) is 11.2 Å². The number of aliphatic hydroxyl groups is 1. The topological polar surface area (TPSA) is 114 Å². The Balaban J connectivity index is 1.85. The lowest BCUT2D eigenvalue weighted by molar-refractivity contribution is 0.0938. The second-order valence-electron chi connectivity index (χ2n) is 7.45. The van der Waals surface area contributed by atoms with Gasteiger partial charge in [0, 0.05) is 13.6 Å². The van der Waals surface area contributed by atoms with E-state index in [1.165, 1.54) is 4.57 Å². The van der Waals surface area contributed by atoms with Gasteiger partial charge in [0.05, 0.1) is 6.54 Å². The quantitative estimate of drug-likeness (QED) is 0.435. The number of nitrogens with one attached hydrogen (secondary N) is 2. The number of aromatic amines is 1. The van der Waals surface area contributed by atoms with Gasteiger partial charge >= 0.3 is 5.69 Å². The molecule has 0 amide bonds. The van der Waals surface area contributed by atoms with Crippen molar-refractivity contribution in [2.24, 2.45) is 7.05 Å². The van der Waals surface area contributed by atoms with Crippen LogP contribution < -0.4 is 21.3 Å². The van der Waals surface area contributed by atoms with Crippen molar-refractivity contribution in [1.82, 2.24) is 19.1 Å². The molecular formula is C21H29N5O4. The van der Waals surface area contributed by atoms with E-state index in [-0.39, 0.29) is 24.3 Å². The number of unbranched alkanes of at least 4 members (excludes halogenated alkanes) is 2. The number of aromatic nitrogens is 4. The van der Waals surface area contributed by atoms with Gasteiger partial charge in [-0.05, 0) is 31.0 Å². The van der Waals surface area contributed by atoms with Crippen molar-refractivity contribution in [2.75, 3.05) is 18.5 Å². The number of anilines is 1. The number of fused-ring (bicyclic) bond motifs is 1. The lowest BCUT2D eigenvalue weighted by Crippen LogP contribution is -2.31. The normalized spacial score (nSPS) is 12.3. The summed E-state index contributed by atoms with van der Waals surface area (Å²) in [5, 5.41) is 13.8. The lowest BCUT2D eigenvalue weighted by atomic mass is 10.2. The van der Waals surface area contributed by atoms with Crippen LogP contribution in [0, 0.1) is 6.92 Å². The van der Waals surface area contributed by atoms with Crippen molar-refractivity contribution in [3.63, 3.8) is 0 Å². The van der Waals surface area contributed by atoms with Gasteiger partial charge in [-0.2, -0.15) is 4.98 Å². The molecule has 2 aromatic heterocycles. The van der Waals surface area contributed by atoms with Crippen molar-refractivity contribution < 1.29 is 9.84 Å². The van der Waals surface area contributed by atoms with E-state index in [0.29, 0.717) is 18.2 Å². The smallest absolute Gasteiger partial charge is 0.329 e. The second kappa shape index (κ2) is 9.62. The van der Waals surface area contributed by atoms with E-state index in [0.717, 1.165) is 24.8 Å². The monoisotopic (exact) mass is 415 g/mol. The molecule has 30 heavy (non-hydrogen) atoms. The van der Waals surface area contributed by atoms with Crippen LogP contribution in [0.5, 0.6) is 5.75 Å². The van der Waals surface area contributed by atoms with E-state index in [1.807, 2.05) is 31.2 Å². The molecule has 0 saturated carbocycles. The molecule has 2 heterocycles. The third kappa shape index (κ3) is 4.91. The lowest BCUT2D eigenvalue weighted by Gasteiger charge is -2.16. The zero-order chi connectivity index (χ0) is 21.7. The van der Waals surface area contributed by atoms with E-state index in [9.17, 15) is 14.7 Å². The Morgan fingerprint density at radius 3 is 2.83 bits per heavy atom. The number of H-pyrrole nitrogens is 1. The summed E-state index contributed by atoms with van der Waals surface area (Å²) in [7, 11) is 1.55. The Morgan fingerprint density at radius 2 is 2.10 bits per heavy atom. The molecule has 1 aromatic carbocycles. The minimum Gasteiger partial charge on any atom is -0.491 e. The summed E-state index contributed by atoms with van der Waals surface area (Å²) in [6.07, 6.45) is 2.23. The molecule has 9 nitrogen and oxygen atoms in total. The zero-order valence-electron chi connectivity index (χ0n) is 17.6. The zero-order valence-corrected chi connectivity index (χ0v) is 17.6. The predicted molar refractivity (Wildman–Crippen MR) is 116 cm³/mol. The van der Waals surface area contributed by atoms with Crippen molar-refractivity contribution >= 4 is 17.1 Å². The SMILES string of the molecule is CCCCCNc1nc2c(c(=O)[nH]c(=O)n2C)n1CC(O)COc1cccc(C)c1. The van der Waals surface area contributed by atoms with Gasteiger partial charge in [-0.1, -0.05) is 31.9 Å². The molecule has 3 aromatic rings. The van der Waals surface area contributed by atoms with Crippen LogP contribution >= 0.6 is 0 Å². The van der Waals surface area contributed by atoms with Crippen LogP contribution in [0.2, 0.25) is 0 Å². The molecule has 0 saturated heterocycles. The number of aliphatic hydroxyl groups excluding tert-OH is 1. The first-order valence-electron chi connectivity index (χ1n) is 10.2. The molecule has 0 aliphatic rings. The second-order valence-corrected chi connectivity index (χ2v) is 7.45. The highest BCUT2D eigenvalue weighted by Gasteiger charge is 2.19. The Hall–Kier alpha value is -3.07. The Morgan fingerprint density at radius 1 is 1.30 bits per heavy atom. The molecule has 0 spiro atoms. The van der Waals surface area contributed by atoms with Gasteiger partial charge in [-0.15, -0.1) is 0 Å². The summed E-state index contributed by atoms with van der Waals surface area (Å²) in [5.41, 5.74) is 0.513. The molecule has 3 rings (SSSR count). The number of nitrogens with zero attached hydrogens (tertiary/aromatic N) is 3. The van der Waals surface area contributed by atoms with Crippen LogP contribution in [0.15, 0.2) is 33.9 Å².